The highest BCUT2D eigenvalue weighted by Crippen LogP contribution is 2.21. The van der Waals surface area contributed by atoms with Gasteiger partial charge in [0.15, 0.2) is 5.96 Å². The zero-order valence-corrected chi connectivity index (χ0v) is 17.5. The molecule has 0 radical (unpaired) electrons. The third-order valence-electron chi connectivity index (χ3n) is 4.89. The van der Waals surface area contributed by atoms with Gasteiger partial charge < -0.3 is 20.3 Å². The molecule has 5 nitrogen and oxygen atoms in total. The van der Waals surface area contributed by atoms with Gasteiger partial charge in [0.1, 0.15) is 5.75 Å². The molecule has 0 saturated heterocycles. The number of unbranched alkanes of at least 4 members (excludes halogenated alkanes) is 1. The number of hydrogen-bond donors (Lipinski definition) is 2. The summed E-state index contributed by atoms with van der Waals surface area (Å²) in [6.45, 7) is 9.73. The van der Waals surface area contributed by atoms with Gasteiger partial charge in [0.05, 0.1) is 7.11 Å². The van der Waals surface area contributed by atoms with E-state index in [2.05, 4.69) is 60.5 Å². The molecular weight excluding hydrogens is 324 g/mol. The van der Waals surface area contributed by atoms with Crippen LogP contribution in [0.5, 0.6) is 5.75 Å². The number of rotatable bonds is 11. The van der Waals surface area contributed by atoms with E-state index < -0.39 is 0 Å². The highest BCUT2D eigenvalue weighted by molar-refractivity contribution is 5.79. The van der Waals surface area contributed by atoms with Gasteiger partial charge in [-0.3, -0.25) is 4.99 Å². The monoisotopic (exact) mass is 362 g/mol. The smallest absolute Gasteiger partial charge is 0.190 e. The quantitative estimate of drug-likeness (QED) is 0.359. The lowest BCUT2D eigenvalue weighted by Crippen LogP contribution is -2.38. The number of hydrogen-bond acceptors (Lipinski definition) is 3. The molecule has 1 aromatic rings. The third kappa shape index (κ3) is 8.56. The Balaban J connectivity index is 2.21. The summed E-state index contributed by atoms with van der Waals surface area (Å²) in [6, 6.07) is 8.95. The van der Waals surface area contributed by atoms with Crippen molar-refractivity contribution >= 4 is 5.96 Å². The predicted octanol–water partition coefficient (Wildman–Crippen LogP) is 3.47. The van der Waals surface area contributed by atoms with Crippen LogP contribution >= 0.6 is 0 Å². The molecule has 0 saturated carbocycles. The van der Waals surface area contributed by atoms with Crippen LogP contribution in [-0.2, 0) is 0 Å². The van der Waals surface area contributed by atoms with Gasteiger partial charge in [-0.15, -0.1) is 0 Å². The zero-order valence-electron chi connectivity index (χ0n) is 17.5. The van der Waals surface area contributed by atoms with Gasteiger partial charge in [0.2, 0.25) is 0 Å². The molecule has 5 heteroatoms. The fraction of sp³-hybridized carbons (Fsp3) is 0.667. The molecule has 0 amide bonds. The first kappa shape index (κ1) is 22.3. The summed E-state index contributed by atoms with van der Waals surface area (Å²) >= 11 is 0. The topological polar surface area (TPSA) is 48.9 Å². The van der Waals surface area contributed by atoms with Gasteiger partial charge >= 0.3 is 0 Å². The van der Waals surface area contributed by atoms with Crippen LogP contribution in [0.3, 0.4) is 0 Å². The van der Waals surface area contributed by atoms with Crippen molar-refractivity contribution in [1.82, 2.24) is 15.5 Å². The molecule has 0 bridgehead atoms. The van der Waals surface area contributed by atoms with Crippen molar-refractivity contribution in [3.8, 4) is 5.75 Å². The number of aliphatic imine (C=N–C) groups is 1. The highest BCUT2D eigenvalue weighted by atomic mass is 16.5. The standard InChI is InChI=1S/C21H38N4O/c1-17(2)25(5)16-8-7-14-23-21(22-4)24-15-13-18(3)19-9-11-20(26-6)12-10-19/h9-12,17-18H,7-8,13-16H2,1-6H3,(H2,22,23,24). The van der Waals surface area contributed by atoms with Gasteiger partial charge in [-0.25, -0.2) is 0 Å². The van der Waals surface area contributed by atoms with E-state index in [0.717, 1.165) is 44.2 Å². The molecular formula is C21H38N4O. The van der Waals surface area contributed by atoms with Crippen molar-refractivity contribution < 1.29 is 4.74 Å². The predicted molar refractivity (Wildman–Crippen MR) is 112 cm³/mol. The van der Waals surface area contributed by atoms with Crippen molar-refractivity contribution in [3.63, 3.8) is 0 Å². The fourth-order valence-corrected chi connectivity index (χ4v) is 2.68. The summed E-state index contributed by atoms with van der Waals surface area (Å²) in [5.41, 5.74) is 1.34. The Labute approximate surface area is 160 Å². The number of guanidine groups is 1. The van der Waals surface area contributed by atoms with Crippen LogP contribution in [-0.4, -0.2) is 57.7 Å². The van der Waals surface area contributed by atoms with Crippen LogP contribution in [0.2, 0.25) is 0 Å². The van der Waals surface area contributed by atoms with E-state index in [-0.39, 0.29) is 0 Å². The lowest BCUT2D eigenvalue weighted by molar-refractivity contribution is 0.268. The summed E-state index contributed by atoms with van der Waals surface area (Å²) in [5.74, 6) is 2.30. The maximum absolute atomic E-state index is 5.22. The molecule has 1 atom stereocenters. The molecule has 2 N–H and O–H groups in total. The van der Waals surface area contributed by atoms with E-state index in [9.17, 15) is 0 Å². The van der Waals surface area contributed by atoms with E-state index in [1.807, 2.05) is 19.2 Å². The fourth-order valence-electron chi connectivity index (χ4n) is 2.68. The maximum atomic E-state index is 5.22. The summed E-state index contributed by atoms with van der Waals surface area (Å²) in [5, 5.41) is 6.82. The van der Waals surface area contributed by atoms with E-state index in [0.29, 0.717) is 12.0 Å². The van der Waals surface area contributed by atoms with E-state index >= 15 is 0 Å². The molecule has 0 aliphatic rings. The van der Waals surface area contributed by atoms with E-state index in [1.165, 1.54) is 12.0 Å². The molecule has 26 heavy (non-hydrogen) atoms. The molecule has 1 aromatic carbocycles. The van der Waals surface area contributed by atoms with Crippen LogP contribution in [0.25, 0.3) is 0 Å². The minimum atomic E-state index is 0.498. The molecule has 148 valence electrons. The summed E-state index contributed by atoms with van der Waals surface area (Å²) in [6.07, 6.45) is 3.42. The molecule has 0 aliphatic carbocycles. The van der Waals surface area contributed by atoms with Crippen LogP contribution in [0, 0.1) is 0 Å². The molecule has 0 spiro atoms. The number of methoxy groups -OCH3 is 1. The number of nitrogens with one attached hydrogen (secondary N) is 2. The average Bonchev–Trinajstić information content (AvgIpc) is 2.65. The largest absolute Gasteiger partial charge is 0.497 e. The summed E-state index contributed by atoms with van der Waals surface area (Å²) in [7, 11) is 5.71. The lowest BCUT2D eigenvalue weighted by atomic mass is 9.98. The Morgan fingerprint density at radius 2 is 1.73 bits per heavy atom. The number of nitrogens with zero attached hydrogens (tertiary/aromatic N) is 2. The Morgan fingerprint density at radius 3 is 2.31 bits per heavy atom. The minimum Gasteiger partial charge on any atom is -0.497 e. The molecule has 0 heterocycles. The van der Waals surface area contributed by atoms with Gasteiger partial charge in [-0.2, -0.15) is 0 Å². The Morgan fingerprint density at radius 1 is 1.08 bits per heavy atom. The second-order valence-corrected chi connectivity index (χ2v) is 7.17. The molecule has 0 aliphatic heterocycles. The summed E-state index contributed by atoms with van der Waals surface area (Å²) in [4.78, 5) is 6.69. The summed E-state index contributed by atoms with van der Waals surface area (Å²) < 4.78 is 5.22. The van der Waals surface area contributed by atoms with Crippen molar-refractivity contribution in [3.05, 3.63) is 29.8 Å². The zero-order chi connectivity index (χ0) is 19.4. The third-order valence-corrected chi connectivity index (χ3v) is 4.89. The lowest BCUT2D eigenvalue weighted by Gasteiger charge is -2.20. The van der Waals surface area contributed by atoms with Crippen LogP contribution < -0.4 is 15.4 Å². The molecule has 1 rings (SSSR count). The van der Waals surface area contributed by atoms with Crippen molar-refractivity contribution in [2.45, 2.75) is 52.0 Å². The SMILES string of the molecule is CN=C(NCCCCN(C)C(C)C)NCCC(C)c1ccc(OC)cc1. The van der Waals surface area contributed by atoms with Gasteiger partial charge in [0, 0.05) is 26.2 Å². The molecule has 0 aromatic heterocycles. The Bertz CT molecular complexity index is 513. The maximum Gasteiger partial charge on any atom is 0.190 e. The second kappa shape index (κ2) is 12.6. The first-order chi connectivity index (χ1) is 12.5. The Hall–Kier alpha value is -1.75. The minimum absolute atomic E-state index is 0.498. The highest BCUT2D eigenvalue weighted by Gasteiger charge is 2.06. The Kier molecular flexibility index (Phi) is 10.8. The first-order valence-corrected chi connectivity index (χ1v) is 9.76. The van der Waals surface area contributed by atoms with Gasteiger partial charge in [0.25, 0.3) is 0 Å². The number of benzene rings is 1. The van der Waals surface area contributed by atoms with E-state index in [4.69, 9.17) is 4.74 Å². The van der Waals surface area contributed by atoms with Gasteiger partial charge in [-0.05, 0) is 70.3 Å². The van der Waals surface area contributed by atoms with Crippen LogP contribution in [0.1, 0.15) is 51.5 Å². The molecule has 0 fully saturated rings. The average molecular weight is 363 g/mol. The van der Waals surface area contributed by atoms with Crippen molar-refractivity contribution in [1.29, 1.82) is 0 Å². The first-order valence-electron chi connectivity index (χ1n) is 9.76. The van der Waals surface area contributed by atoms with Crippen molar-refractivity contribution in [2.24, 2.45) is 4.99 Å². The van der Waals surface area contributed by atoms with Crippen LogP contribution in [0.4, 0.5) is 0 Å². The second-order valence-electron chi connectivity index (χ2n) is 7.17. The number of ether oxygens (including phenoxy) is 1. The van der Waals surface area contributed by atoms with Crippen LogP contribution in [0.15, 0.2) is 29.3 Å². The van der Waals surface area contributed by atoms with Gasteiger partial charge in [-0.1, -0.05) is 19.1 Å². The molecule has 1 unspecified atom stereocenters. The van der Waals surface area contributed by atoms with Crippen molar-refractivity contribution in [2.75, 3.05) is 40.8 Å². The van der Waals surface area contributed by atoms with E-state index in [1.54, 1.807) is 7.11 Å². The normalized spacial score (nSPS) is 13.2.